The van der Waals surface area contributed by atoms with Crippen molar-refractivity contribution in [3.63, 3.8) is 0 Å². The van der Waals surface area contributed by atoms with Crippen molar-refractivity contribution in [2.75, 3.05) is 4.90 Å². The van der Waals surface area contributed by atoms with E-state index in [-0.39, 0.29) is 0 Å². The maximum absolute atomic E-state index is 11.5. The molecular formula is C37H27NO2. The first-order valence-electron chi connectivity index (χ1n) is 13.5. The van der Waals surface area contributed by atoms with E-state index in [0.717, 1.165) is 41.4 Å². The monoisotopic (exact) mass is 517 g/mol. The molecule has 0 saturated carbocycles. The van der Waals surface area contributed by atoms with E-state index in [1.807, 2.05) is 12.1 Å². The van der Waals surface area contributed by atoms with Crippen molar-refractivity contribution in [2.45, 2.75) is 12.8 Å². The van der Waals surface area contributed by atoms with Gasteiger partial charge in [0.1, 0.15) is 5.75 Å². The maximum atomic E-state index is 11.5. The van der Waals surface area contributed by atoms with E-state index in [4.69, 9.17) is 4.74 Å². The number of para-hydroxylation sites is 1. The summed E-state index contributed by atoms with van der Waals surface area (Å²) < 4.78 is 5.22. The number of nitrogens with zero attached hydrogens (tertiary/aromatic N) is 1. The van der Waals surface area contributed by atoms with Gasteiger partial charge >= 0.3 is 5.97 Å². The smallest absolute Gasteiger partial charge is 0.335 e. The Labute approximate surface area is 234 Å². The molecule has 40 heavy (non-hydrogen) atoms. The molecule has 7 rings (SSSR count). The molecule has 3 nitrogen and oxygen atoms in total. The zero-order chi connectivity index (χ0) is 27.1. The number of carbonyl (C=O) groups is 1. The van der Waals surface area contributed by atoms with Gasteiger partial charge in [0.15, 0.2) is 0 Å². The van der Waals surface area contributed by atoms with Crippen molar-refractivity contribution in [1.29, 1.82) is 0 Å². The summed E-state index contributed by atoms with van der Waals surface area (Å²) in [5.41, 5.74) is 11.0. The van der Waals surface area contributed by atoms with Crippen LogP contribution in [0, 0.1) is 0 Å². The van der Waals surface area contributed by atoms with Crippen molar-refractivity contribution >= 4 is 39.4 Å². The van der Waals surface area contributed by atoms with Crippen LogP contribution in [0.1, 0.15) is 16.7 Å². The summed E-state index contributed by atoms with van der Waals surface area (Å²) in [6.45, 7) is 3.45. The molecule has 2 aliphatic rings. The van der Waals surface area contributed by atoms with Crippen LogP contribution in [0.5, 0.6) is 5.75 Å². The Morgan fingerprint density at radius 2 is 1.45 bits per heavy atom. The van der Waals surface area contributed by atoms with Crippen molar-refractivity contribution in [1.82, 2.24) is 0 Å². The Balaban J connectivity index is 1.31. The van der Waals surface area contributed by atoms with Crippen molar-refractivity contribution in [3.8, 4) is 16.9 Å². The molecule has 0 radical (unpaired) electrons. The molecule has 5 aromatic rings. The lowest BCUT2D eigenvalue weighted by molar-refractivity contribution is -0.128. The van der Waals surface area contributed by atoms with Crippen molar-refractivity contribution < 1.29 is 9.53 Å². The fourth-order valence-corrected chi connectivity index (χ4v) is 5.88. The van der Waals surface area contributed by atoms with Crippen LogP contribution in [0.3, 0.4) is 0 Å². The van der Waals surface area contributed by atoms with Gasteiger partial charge in [-0.2, -0.15) is 0 Å². The number of allylic oxidation sites excluding steroid dienone is 4. The lowest BCUT2D eigenvalue weighted by atomic mass is 9.81. The average molecular weight is 518 g/mol. The second kappa shape index (κ2) is 9.87. The summed E-state index contributed by atoms with van der Waals surface area (Å²) in [6, 6.07) is 35.9. The van der Waals surface area contributed by atoms with Crippen LogP contribution >= 0.6 is 0 Å². The van der Waals surface area contributed by atoms with Crippen LogP contribution in [-0.4, -0.2) is 5.97 Å². The zero-order valence-corrected chi connectivity index (χ0v) is 22.0. The lowest BCUT2D eigenvalue weighted by Gasteiger charge is -2.30. The summed E-state index contributed by atoms with van der Waals surface area (Å²) in [6.07, 6.45) is 10.0. The quantitative estimate of drug-likeness (QED) is 0.128. The van der Waals surface area contributed by atoms with E-state index in [1.54, 1.807) is 12.1 Å². The number of ether oxygens (including phenoxy) is 1. The second-order valence-corrected chi connectivity index (χ2v) is 10.1. The van der Waals surface area contributed by atoms with Crippen LogP contribution in [-0.2, 0) is 17.6 Å². The normalized spacial score (nSPS) is 13.1. The Morgan fingerprint density at radius 3 is 2.20 bits per heavy atom. The summed E-state index contributed by atoms with van der Waals surface area (Å²) in [4.78, 5) is 13.9. The summed E-state index contributed by atoms with van der Waals surface area (Å²) in [5, 5.41) is 2.65. The van der Waals surface area contributed by atoms with Gasteiger partial charge in [-0.15, -0.1) is 0 Å². The number of anilines is 3. The van der Waals surface area contributed by atoms with Gasteiger partial charge in [0.2, 0.25) is 0 Å². The molecule has 0 N–H and O–H groups in total. The minimum Gasteiger partial charge on any atom is -0.423 e. The first-order valence-corrected chi connectivity index (χ1v) is 13.5. The molecule has 0 spiro atoms. The maximum Gasteiger partial charge on any atom is 0.335 e. The van der Waals surface area contributed by atoms with E-state index in [2.05, 4.69) is 109 Å². The number of hydrogen-bond donors (Lipinski definition) is 0. The van der Waals surface area contributed by atoms with Gasteiger partial charge in [-0.3, -0.25) is 0 Å². The molecule has 0 aromatic heterocycles. The van der Waals surface area contributed by atoms with Gasteiger partial charge in [-0.25, -0.2) is 4.79 Å². The lowest BCUT2D eigenvalue weighted by Crippen LogP contribution is -2.12. The van der Waals surface area contributed by atoms with Crippen LogP contribution in [0.4, 0.5) is 17.1 Å². The molecule has 0 atom stereocenters. The topological polar surface area (TPSA) is 29.5 Å². The number of carbonyl (C=O) groups excluding carboxylic acids is 1. The molecule has 0 fully saturated rings. The number of esters is 1. The average Bonchev–Trinajstić information content (AvgIpc) is 3.02. The number of rotatable bonds is 6. The highest BCUT2D eigenvalue weighted by atomic mass is 16.5. The highest BCUT2D eigenvalue weighted by molar-refractivity contribution is 6.08. The SMILES string of the molecule is C=CC(=O)Oc1ccc(-c2ccc(N(c3ccccc3)c3ccc4c5c6c(ccc35)CC=CC6=CC4)cc2)cc1. The summed E-state index contributed by atoms with van der Waals surface area (Å²) in [7, 11) is 0. The standard InChI is InChI=1S/C37H27NO2/c1-2-35(39)40-32-21-15-26(16-22-32)25-13-19-31(20-14-25)38(30-9-4-3-5-10-30)34-24-18-29-12-11-27-7-6-8-28-17-23-33(34)37(29)36(27)28/h2-7,9-11,13-24H,1,8,12H2. The molecule has 3 heteroatoms. The predicted octanol–water partition coefficient (Wildman–Crippen LogP) is 9.12. The third-order valence-electron chi connectivity index (χ3n) is 7.75. The van der Waals surface area contributed by atoms with Gasteiger partial charge < -0.3 is 9.64 Å². The fourth-order valence-electron chi connectivity index (χ4n) is 5.88. The molecule has 0 bridgehead atoms. The van der Waals surface area contributed by atoms with Crippen LogP contribution in [0.25, 0.3) is 27.5 Å². The minimum atomic E-state index is -0.464. The highest BCUT2D eigenvalue weighted by Gasteiger charge is 2.23. The Bertz CT molecular complexity index is 1830. The molecule has 0 unspecified atom stereocenters. The van der Waals surface area contributed by atoms with E-state index in [9.17, 15) is 4.79 Å². The van der Waals surface area contributed by atoms with Gasteiger partial charge in [0, 0.05) is 22.8 Å². The number of benzene rings is 5. The molecule has 2 aliphatic carbocycles. The molecular weight excluding hydrogens is 490 g/mol. The van der Waals surface area contributed by atoms with Crippen LogP contribution < -0.4 is 9.64 Å². The first kappa shape index (κ1) is 23.9. The van der Waals surface area contributed by atoms with Gasteiger partial charge in [-0.1, -0.05) is 85.5 Å². The van der Waals surface area contributed by atoms with Gasteiger partial charge in [0.25, 0.3) is 0 Å². The molecule has 5 aromatic carbocycles. The Morgan fingerprint density at radius 1 is 0.750 bits per heavy atom. The van der Waals surface area contributed by atoms with E-state index in [1.165, 1.54) is 38.7 Å². The molecule has 0 aliphatic heterocycles. The summed E-state index contributed by atoms with van der Waals surface area (Å²) >= 11 is 0. The van der Waals surface area contributed by atoms with Crippen LogP contribution in [0.2, 0.25) is 0 Å². The first-order chi connectivity index (χ1) is 19.7. The summed E-state index contributed by atoms with van der Waals surface area (Å²) in [5.74, 6) is 0.0357. The van der Waals surface area contributed by atoms with Crippen molar-refractivity contribution in [2.24, 2.45) is 0 Å². The van der Waals surface area contributed by atoms with Gasteiger partial charge in [-0.05, 0) is 94.1 Å². The van der Waals surface area contributed by atoms with E-state index in [0.29, 0.717) is 5.75 Å². The predicted molar refractivity (Wildman–Crippen MR) is 164 cm³/mol. The molecule has 0 saturated heterocycles. The largest absolute Gasteiger partial charge is 0.423 e. The fraction of sp³-hybridized carbons (Fsp3) is 0.0541. The van der Waals surface area contributed by atoms with E-state index >= 15 is 0 Å². The Kier molecular flexibility index (Phi) is 5.90. The third-order valence-corrected chi connectivity index (χ3v) is 7.75. The van der Waals surface area contributed by atoms with Crippen LogP contribution in [0.15, 0.2) is 134 Å². The second-order valence-electron chi connectivity index (χ2n) is 10.1. The van der Waals surface area contributed by atoms with Crippen molar-refractivity contribution in [3.05, 3.63) is 151 Å². The van der Waals surface area contributed by atoms with E-state index < -0.39 is 5.97 Å². The zero-order valence-electron chi connectivity index (χ0n) is 22.0. The molecule has 192 valence electrons. The molecule has 0 amide bonds. The minimum absolute atomic E-state index is 0.464. The highest BCUT2D eigenvalue weighted by Crippen LogP contribution is 2.45. The Hall–Kier alpha value is -5.15. The third kappa shape index (κ3) is 4.13. The van der Waals surface area contributed by atoms with Gasteiger partial charge in [0.05, 0.1) is 5.69 Å². The molecule has 0 heterocycles. The number of hydrogen-bond acceptors (Lipinski definition) is 3.